The number of aromatic nitrogens is 1. The number of rotatable bonds is 3. The molecule has 1 aliphatic carbocycles. The van der Waals surface area contributed by atoms with Crippen molar-refractivity contribution in [1.82, 2.24) is 4.98 Å². The second-order valence-corrected chi connectivity index (χ2v) is 6.84. The van der Waals surface area contributed by atoms with E-state index in [1.165, 1.54) is 12.1 Å². The summed E-state index contributed by atoms with van der Waals surface area (Å²) in [5.41, 5.74) is 7.88. The number of allylic oxidation sites excluding steroid dienone is 1. The zero-order valence-electron chi connectivity index (χ0n) is 13.4. The smallest absolute Gasteiger partial charge is 0.156 e. The zero-order valence-corrected chi connectivity index (χ0v) is 14.2. The molecule has 1 aromatic carbocycles. The van der Waals surface area contributed by atoms with Crippen LogP contribution in [0.5, 0.6) is 0 Å². The van der Waals surface area contributed by atoms with E-state index in [1.54, 1.807) is 18.3 Å². The molecule has 2 N–H and O–H groups in total. The van der Waals surface area contributed by atoms with Gasteiger partial charge in [0.15, 0.2) is 5.82 Å². The summed E-state index contributed by atoms with van der Waals surface area (Å²) in [7, 11) is 0. The molecule has 1 aromatic heterocycles. The first-order chi connectivity index (χ1) is 12.0. The van der Waals surface area contributed by atoms with Crippen LogP contribution in [0.4, 0.5) is 20.2 Å². The zero-order chi connectivity index (χ0) is 17.7. The van der Waals surface area contributed by atoms with Crippen molar-refractivity contribution in [3.05, 3.63) is 64.6 Å². The van der Waals surface area contributed by atoms with Crippen LogP contribution in [0.1, 0.15) is 24.0 Å². The minimum Gasteiger partial charge on any atom is -0.396 e. The third-order valence-corrected chi connectivity index (χ3v) is 4.84. The number of pyridine rings is 1. The summed E-state index contributed by atoms with van der Waals surface area (Å²) < 4.78 is 29.0. The molecule has 0 unspecified atom stereocenters. The number of nitrogen functional groups attached to an aromatic ring is 1. The van der Waals surface area contributed by atoms with Crippen LogP contribution in [-0.2, 0) is 0 Å². The molecule has 1 fully saturated rings. The van der Waals surface area contributed by atoms with Crippen LogP contribution in [0.3, 0.4) is 0 Å². The Labute approximate surface area is 149 Å². The fourth-order valence-electron chi connectivity index (χ4n) is 3.10. The molecule has 2 heterocycles. The topological polar surface area (TPSA) is 42.1 Å². The first-order valence-corrected chi connectivity index (χ1v) is 8.41. The van der Waals surface area contributed by atoms with Crippen molar-refractivity contribution in [1.29, 1.82) is 0 Å². The van der Waals surface area contributed by atoms with Gasteiger partial charge in [0.2, 0.25) is 0 Å². The highest BCUT2D eigenvalue weighted by Crippen LogP contribution is 2.43. The van der Waals surface area contributed by atoms with Gasteiger partial charge >= 0.3 is 0 Å². The normalized spacial score (nSPS) is 16.7. The molecular weight excluding hydrogens is 344 g/mol. The van der Waals surface area contributed by atoms with Gasteiger partial charge in [-0.05, 0) is 43.0 Å². The lowest BCUT2D eigenvalue weighted by molar-refractivity contribution is 0.580. The fourth-order valence-corrected chi connectivity index (χ4v) is 3.26. The van der Waals surface area contributed by atoms with Crippen LogP contribution in [0.2, 0.25) is 5.15 Å². The quantitative estimate of drug-likeness (QED) is 0.627. The molecule has 0 atom stereocenters. The molecule has 2 aliphatic rings. The molecule has 0 spiro atoms. The van der Waals surface area contributed by atoms with E-state index in [2.05, 4.69) is 11.6 Å². The molecule has 1 saturated carbocycles. The van der Waals surface area contributed by atoms with E-state index >= 15 is 0 Å². The van der Waals surface area contributed by atoms with E-state index in [9.17, 15) is 8.78 Å². The number of halogens is 3. The highest BCUT2D eigenvalue weighted by atomic mass is 35.5. The molecule has 0 radical (unpaired) electrons. The number of fused-ring (bicyclic) bond motifs is 1. The Balaban J connectivity index is 1.90. The van der Waals surface area contributed by atoms with Crippen molar-refractivity contribution >= 4 is 34.6 Å². The molecule has 0 saturated heterocycles. The summed E-state index contributed by atoms with van der Waals surface area (Å²) in [6.07, 6.45) is 5.56. The Bertz CT molecular complexity index is 919. The van der Waals surface area contributed by atoms with Gasteiger partial charge in [0, 0.05) is 29.6 Å². The van der Waals surface area contributed by atoms with Gasteiger partial charge in [-0.25, -0.2) is 13.8 Å². The number of anilines is 2. The molecule has 0 amide bonds. The van der Waals surface area contributed by atoms with Crippen LogP contribution in [0.25, 0.3) is 11.6 Å². The third kappa shape index (κ3) is 2.78. The maximum Gasteiger partial charge on any atom is 0.156 e. The fraction of sp³-hybridized carbons (Fsp3) is 0.211. The Morgan fingerprint density at radius 1 is 1.32 bits per heavy atom. The van der Waals surface area contributed by atoms with Crippen molar-refractivity contribution in [2.75, 3.05) is 17.2 Å². The molecule has 2 aromatic rings. The second-order valence-electron chi connectivity index (χ2n) is 6.45. The van der Waals surface area contributed by atoms with Crippen LogP contribution < -0.4 is 10.6 Å². The molecule has 4 rings (SSSR count). The first-order valence-electron chi connectivity index (χ1n) is 8.03. The lowest BCUT2D eigenvalue weighted by Gasteiger charge is -2.33. The van der Waals surface area contributed by atoms with Gasteiger partial charge in [-0.3, -0.25) is 0 Å². The number of nitrogens with zero attached hydrogens (tertiary/aromatic N) is 2. The SMILES string of the molecule is C=C1C(c2c(F)ccc(N)c2F)=Cc2cnc(Cl)cc2N1CC1CC1. The summed E-state index contributed by atoms with van der Waals surface area (Å²) in [6.45, 7) is 4.83. The second kappa shape index (κ2) is 5.85. The number of hydrogen-bond acceptors (Lipinski definition) is 3. The van der Waals surface area contributed by atoms with Gasteiger partial charge in [0.1, 0.15) is 11.0 Å². The van der Waals surface area contributed by atoms with Gasteiger partial charge in [0.25, 0.3) is 0 Å². The van der Waals surface area contributed by atoms with Crippen molar-refractivity contribution in [2.45, 2.75) is 12.8 Å². The number of hydrogen-bond donors (Lipinski definition) is 1. The van der Waals surface area contributed by atoms with E-state index in [4.69, 9.17) is 17.3 Å². The summed E-state index contributed by atoms with van der Waals surface area (Å²) in [4.78, 5) is 6.06. The van der Waals surface area contributed by atoms with E-state index in [-0.39, 0.29) is 11.3 Å². The predicted molar refractivity (Wildman–Crippen MR) is 97.1 cm³/mol. The Morgan fingerprint density at radius 2 is 2.08 bits per heavy atom. The van der Waals surface area contributed by atoms with Gasteiger partial charge < -0.3 is 10.6 Å². The minimum atomic E-state index is -0.774. The molecule has 6 heteroatoms. The predicted octanol–water partition coefficient (Wildman–Crippen LogP) is 4.88. The number of benzene rings is 1. The summed E-state index contributed by atoms with van der Waals surface area (Å²) in [5, 5.41) is 0.366. The van der Waals surface area contributed by atoms with Crippen molar-refractivity contribution in [2.24, 2.45) is 5.92 Å². The first kappa shape index (κ1) is 16.1. The highest BCUT2D eigenvalue weighted by molar-refractivity contribution is 6.29. The molecule has 0 bridgehead atoms. The Hall–Kier alpha value is -2.40. The monoisotopic (exact) mass is 359 g/mol. The highest BCUT2D eigenvalue weighted by Gasteiger charge is 2.32. The standard InChI is InChI=1S/C19H16ClF2N3/c1-10-13(18-14(21)4-5-15(23)19(18)22)6-12-8-24-17(20)7-16(12)25(10)9-11-2-3-11/h4-8,11H,1-3,9,23H2. The van der Waals surface area contributed by atoms with Gasteiger partial charge in [0.05, 0.1) is 16.9 Å². The van der Waals surface area contributed by atoms with Crippen LogP contribution >= 0.6 is 11.6 Å². The van der Waals surface area contributed by atoms with Crippen LogP contribution in [0.15, 0.2) is 36.7 Å². The van der Waals surface area contributed by atoms with Gasteiger partial charge in [-0.2, -0.15) is 0 Å². The lowest BCUT2D eigenvalue weighted by atomic mass is 9.94. The average molecular weight is 360 g/mol. The summed E-state index contributed by atoms with van der Waals surface area (Å²) in [5.74, 6) is -0.897. The van der Waals surface area contributed by atoms with Crippen molar-refractivity contribution < 1.29 is 8.78 Å². The summed E-state index contributed by atoms with van der Waals surface area (Å²) in [6, 6.07) is 4.14. The van der Waals surface area contributed by atoms with Crippen LogP contribution in [0, 0.1) is 17.6 Å². The Morgan fingerprint density at radius 3 is 2.80 bits per heavy atom. The molecule has 128 valence electrons. The van der Waals surface area contributed by atoms with Crippen LogP contribution in [-0.4, -0.2) is 11.5 Å². The van der Waals surface area contributed by atoms with E-state index < -0.39 is 11.6 Å². The van der Waals surface area contributed by atoms with Gasteiger partial charge in [-0.1, -0.05) is 18.2 Å². The molecule has 1 aliphatic heterocycles. The minimum absolute atomic E-state index is 0.0983. The Kier molecular flexibility index (Phi) is 3.76. The molecule has 3 nitrogen and oxygen atoms in total. The van der Waals surface area contributed by atoms with E-state index in [0.717, 1.165) is 30.6 Å². The molecular formula is C19H16ClF2N3. The number of nitrogens with two attached hydrogens (primary N) is 1. The van der Waals surface area contributed by atoms with Gasteiger partial charge in [-0.15, -0.1) is 0 Å². The largest absolute Gasteiger partial charge is 0.396 e. The summed E-state index contributed by atoms with van der Waals surface area (Å²) >= 11 is 6.04. The maximum atomic E-state index is 14.6. The van der Waals surface area contributed by atoms with Crippen molar-refractivity contribution in [3.63, 3.8) is 0 Å². The maximum absolute atomic E-state index is 14.6. The lowest BCUT2D eigenvalue weighted by Crippen LogP contribution is -2.28. The van der Waals surface area contributed by atoms with E-state index in [1.807, 2.05) is 4.90 Å². The average Bonchev–Trinajstić information content (AvgIpc) is 3.39. The van der Waals surface area contributed by atoms with Crippen molar-refractivity contribution in [3.8, 4) is 0 Å². The van der Waals surface area contributed by atoms with E-state index in [0.29, 0.717) is 22.3 Å². The third-order valence-electron chi connectivity index (χ3n) is 4.63. The molecule has 25 heavy (non-hydrogen) atoms.